The van der Waals surface area contributed by atoms with Crippen LogP contribution in [0.1, 0.15) is 81.7 Å². The molecule has 1 unspecified atom stereocenters. The van der Waals surface area contributed by atoms with Gasteiger partial charge in [-0.25, -0.2) is 4.98 Å². The highest BCUT2D eigenvalue weighted by Gasteiger charge is 2.50. The van der Waals surface area contributed by atoms with Gasteiger partial charge in [0.25, 0.3) is 0 Å². The van der Waals surface area contributed by atoms with Crippen LogP contribution in [-0.4, -0.2) is 120 Å². The molecule has 4 fully saturated rings. The highest BCUT2D eigenvalue weighted by molar-refractivity contribution is 9.10. The number of methoxy groups -OCH3 is 1. The number of piperidine rings is 2. The number of aryl methyl sites for hydroxylation is 2. The molecule has 0 bridgehead atoms. The molecular weight excluding hydrogens is 968 g/mol. The summed E-state index contributed by atoms with van der Waals surface area (Å²) in [6, 6.07) is 18.3. The van der Waals surface area contributed by atoms with Gasteiger partial charge in [0.1, 0.15) is 24.8 Å². The van der Waals surface area contributed by atoms with E-state index in [9.17, 15) is 18.9 Å². The Hall–Kier alpha value is -5.41. The number of nitrogens with one attached hydrogen (secondary N) is 3. The molecule has 3 amide bonds. The molecule has 10 rings (SSSR count). The summed E-state index contributed by atoms with van der Waals surface area (Å²) in [5, 5.41) is 11.2. The van der Waals surface area contributed by atoms with Crippen LogP contribution in [0, 0.1) is 6.92 Å². The van der Waals surface area contributed by atoms with Crippen molar-refractivity contribution in [3.8, 4) is 5.75 Å². The highest BCUT2D eigenvalue weighted by Crippen LogP contribution is 2.54. The van der Waals surface area contributed by atoms with Crippen LogP contribution in [0.3, 0.4) is 0 Å². The van der Waals surface area contributed by atoms with E-state index in [1.165, 1.54) is 0 Å². The van der Waals surface area contributed by atoms with Gasteiger partial charge >= 0.3 is 0 Å². The van der Waals surface area contributed by atoms with Gasteiger partial charge in [-0.15, -0.1) is 0 Å². The number of imide groups is 1. The second-order valence-electron chi connectivity index (χ2n) is 20.1. The smallest absolute Gasteiger partial charge is 0.249 e. The van der Waals surface area contributed by atoms with Crippen molar-refractivity contribution in [3.05, 3.63) is 87.7 Å². The van der Waals surface area contributed by atoms with Gasteiger partial charge in [-0.1, -0.05) is 25.1 Å². The third-order valence-corrected chi connectivity index (χ3v) is 19.4. The lowest BCUT2D eigenvalue weighted by Crippen LogP contribution is -2.55. The van der Waals surface area contributed by atoms with Gasteiger partial charge in [0, 0.05) is 111 Å². The van der Waals surface area contributed by atoms with Crippen LogP contribution in [0.4, 0.5) is 34.5 Å². The maximum atomic E-state index is 14.5. The van der Waals surface area contributed by atoms with Crippen molar-refractivity contribution in [2.45, 2.75) is 96.6 Å². The molecular formula is C53H64BrN10O5P. The molecule has 15 nitrogen and oxygen atoms in total. The SMILES string of the molecule is CCc1ccc2c(P3(=O)CCCC3)c(Nc3nc(Nc4cc(C)c(N5CCC(N6CCN(CCc7cccc8c7C(C)(C)C(=O)N8C7CCC(=O)NC7=O)CC6)CC5)cc4OC)ncc3Br)ccc2n1. The van der Waals surface area contributed by atoms with Gasteiger partial charge in [-0.2, -0.15) is 4.98 Å². The number of halogens is 1. The van der Waals surface area contributed by atoms with Gasteiger partial charge in [0.05, 0.1) is 33.9 Å². The van der Waals surface area contributed by atoms with Crippen molar-refractivity contribution >= 4 is 91.5 Å². The van der Waals surface area contributed by atoms with E-state index in [4.69, 9.17) is 14.7 Å². The third-order valence-electron chi connectivity index (χ3n) is 15.4. The van der Waals surface area contributed by atoms with Crippen LogP contribution in [0.5, 0.6) is 5.75 Å². The van der Waals surface area contributed by atoms with Gasteiger partial charge in [-0.3, -0.25) is 34.5 Å². The molecule has 0 saturated carbocycles. The number of benzene rings is 3. The van der Waals surface area contributed by atoms with Gasteiger partial charge < -0.3 is 29.7 Å². The average Bonchev–Trinajstić information content (AvgIpc) is 3.89. The maximum absolute atomic E-state index is 14.5. The quantitative estimate of drug-likeness (QED) is 0.0765. The number of carbonyl (C=O) groups excluding carboxylic acids is 3. The topological polar surface area (TPSA) is 165 Å². The van der Waals surface area contributed by atoms with Crippen molar-refractivity contribution in [1.82, 2.24) is 30.1 Å². The minimum Gasteiger partial charge on any atom is -0.494 e. The molecule has 5 aromatic rings. The molecule has 3 aromatic carbocycles. The second-order valence-corrected chi connectivity index (χ2v) is 24.1. The van der Waals surface area contributed by atoms with Crippen LogP contribution in [0.15, 0.2) is 65.3 Å². The number of anilines is 6. The summed E-state index contributed by atoms with van der Waals surface area (Å²) in [4.78, 5) is 62.3. The van der Waals surface area contributed by atoms with Crippen molar-refractivity contribution in [2.24, 2.45) is 0 Å². The Morgan fingerprint density at radius 2 is 1.67 bits per heavy atom. The number of pyridine rings is 1. The van der Waals surface area contributed by atoms with E-state index in [1.54, 1.807) is 18.2 Å². The van der Waals surface area contributed by atoms with E-state index in [0.29, 0.717) is 46.8 Å². The number of ether oxygens (including phenoxy) is 1. The highest BCUT2D eigenvalue weighted by atomic mass is 79.9. The number of piperazine rings is 1. The Balaban J connectivity index is 0.756. The van der Waals surface area contributed by atoms with Crippen LogP contribution in [-0.2, 0) is 37.2 Å². The van der Waals surface area contributed by atoms with Crippen molar-refractivity contribution in [3.63, 3.8) is 0 Å². The molecule has 0 radical (unpaired) electrons. The number of carbonyl (C=O) groups is 3. The van der Waals surface area contributed by atoms with Crippen LogP contribution in [0.25, 0.3) is 10.9 Å². The molecule has 17 heteroatoms. The van der Waals surface area contributed by atoms with E-state index < -0.39 is 24.5 Å². The zero-order valence-corrected chi connectivity index (χ0v) is 43.4. The summed E-state index contributed by atoms with van der Waals surface area (Å²) in [6.45, 7) is 15.0. The fourth-order valence-electron chi connectivity index (χ4n) is 11.7. The lowest BCUT2D eigenvalue weighted by Gasteiger charge is -2.43. The Bertz CT molecular complexity index is 2910. The van der Waals surface area contributed by atoms with Gasteiger partial charge in [0.15, 0.2) is 0 Å². The van der Waals surface area contributed by atoms with Gasteiger partial charge in [-0.05, 0) is 129 Å². The van der Waals surface area contributed by atoms with Crippen molar-refractivity contribution in [2.75, 3.05) is 85.7 Å². The standard InChI is InChI=1S/C53H64BrN10O5P/c1-6-35-12-13-37-39(56-35)14-15-40(48(37)70(68)28-7-8-29-70)57-49-38(54)32-55-52(60-49)58-41-30-33(2)44(31-45(41)69-5)63-22-19-36(20-23-63)62-26-24-61(25-27-62)21-18-34-10-9-11-42-47(34)53(3,4)51(67)64(42)43-16-17-46(65)59-50(43)66/h9-15,30-32,36,43H,6-8,16-29H2,1-5H3,(H,59,65,66)(H2,55,57,58,60). The molecule has 2 aromatic heterocycles. The van der Waals surface area contributed by atoms with E-state index in [2.05, 4.69) is 89.7 Å². The summed E-state index contributed by atoms with van der Waals surface area (Å²) in [5.41, 5.74) is 7.92. The van der Waals surface area contributed by atoms with E-state index >= 15 is 0 Å². The first-order valence-electron chi connectivity index (χ1n) is 25.0. The largest absolute Gasteiger partial charge is 0.494 e. The van der Waals surface area contributed by atoms with Crippen LogP contribution in [0.2, 0.25) is 0 Å². The Labute approximate surface area is 419 Å². The fourth-order valence-corrected chi connectivity index (χ4v) is 15.3. The Morgan fingerprint density at radius 3 is 2.40 bits per heavy atom. The maximum Gasteiger partial charge on any atom is 0.249 e. The molecule has 4 saturated heterocycles. The fraction of sp³-hybridized carbons (Fsp3) is 0.472. The number of nitrogens with zero attached hydrogens (tertiary/aromatic N) is 7. The zero-order chi connectivity index (χ0) is 48.9. The first-order chi connectivity index (χ1) is 33.7. The number of hydrogen-bond acceptors (Lipinski definition) is 13. The summed E-state index contributed by atoms with van der Waals surface area (Å²) in [6.07, 6.45) is 9.42. The minimum absolute atomic E-state index is 0.0846. The molecule has 0 aliphatic carbocycles. The molecule has 5 aliphatic heterocycles. The van der Waals surface area contributed by atoms with E-state index in [1.807, 2.05) is 44.2 Å². The van der Waals surface area contributed by atoms with E-state index in [-0.39, 0.29) is 18.2 Å². The molecule has 70 heavy (non-hydrogen) atoms. The minimum atomic E-state index is -2.64. The first kappa shape index (κ1) is 48.2. The zero-order valence-electron chi connectivity index (χ0n) is 40.9. The number of hydrogen-bond donors (Lipinski definition) is 3. The lowest BCUT2D eigenvalue weighted by atomic mass is 9.82. The molecule has 0 spiro atoms. The summed E-state index contributed by atoms with van der Waals surface area (Å²) in [5.74, 6) is 0.917. The number of rotatable bonds is 13. The molecule has 368 valence electrons. The molecule has 1 atom stereocenters. The second kappa shape index (κ2) is 19.7. The van der Waals surface area contributed by atoms with Crippen molar-refractivity contribution < 1.29 is 23.7 Å². The number of fused-ring (bicyclic) bond motifs is 2. The van der Waals surface area contributed by atoms with Crippen LogP contribution < -0.4 is 35.8 Å². The van der Waals surface area contributed by atoms with Gasteiger partial charge in [0.2, 0.25) is 23.7 Å². The Kier molecular flexibility index (Phi) is 13.5. The number of aromatic nitrogens is 3. The summed E-state index contributed by atoms with van der Waals surface area (Å²) < 4.78 is 21.2. The lowest BCUT2D eigenvalue weighted by molar-refractivity contribution is -0.136. The van der Waals surface area contributed by atoms with E-state index in [0.717, 1.165) is 146 Å². The summed E-state index contributed by atoms with van der Waals surface area (Å²) in [7, 11) is -0.950. The predicted octanol–water partition coefficient (Wildman–Crippen LogP) is 8.19. The molecule has 5 aliphatic rings. The van der Waals surface area contributed by atoms with Crippen molar-refractivity contribution in [1.29, 1.82) is 0 Å². The number of amides is 3. The first-order valence-corrected chi connectivity index (χ1v) is 27.9. The Morgan fingerprint density at radius 1 is 0.900 bits per heavy atom. The summed E-state index contributed by atoms with van der Waals surface area (Å²) >= 11 is 3.67. The average molecular weight is 1030 g/mol. The molecule has 3 N–H and O–H groups in total. The monoisotopic (exact) mass is 1030 g/mol. The molecule has 7 heterocycles. The normalized spacial score (nSPS) is 20.8. The predicted molar refractivity (Wildman–Crippen MR) is 281 cm³/mol. The third kappa shape index (κ3) is 9.21. The van der Waals surface area contributed by atoms with Crippen LogP contribution >= 0.6 is 23.1 Å².